The van der Waals surface area contributed by atoms with E-state index in [0.717, 1.165) is 0 Å². The summed E-state index contributed by atoms with van der Waals surface area (Å²) in [5, 5.41) is 9.13. The van der Waals surface area contributed by atoms with E-state index >= 15 is 0 Å². The molecular weight excluding hydrogens is 295 g/mol. The molecule has 0 saturated carbocycles. The van der Waals surface area contributed by atoms with Gasteiger partial charge in [0.1, 0.15) is 0 Å². The van der Waals surface area contributed by atoms with E-state index in [9.17, 15) is 18.0 Å². The number of alkyl halides is 3. The zero-order chi connectivity index (χ0) is 15.5. The van der Waals surface area contributed by atoms with Crippen molar-refractivity contribution in [1.29, 1.82) is 0 Å². The Labute approximate surface area is 120 Å². The van der Waals surface area contributed by atoms with Crippen LogP contribution in [-0.2, 0) is 4.79 Å². The maximum atomic E-state index is 12.6. The second-order valence-corrected chi connectivity index (χ2v) is 4.98. The zero-order valence-corrected chi connectivity index (χ0v) is 11.7. The Morgan fingerprint density at radius 3 is 2.40 bits per heavy atom. The van der Waals surface area contributed by atoms with Crippen LogP contribution in [0.1, 0.15) is 18.5 Å². The molecule has 2 atom stereocenters. The normalized spacial score (nSPS) is 15.2. The summed E-state index contributed by atoms with van der Waals surface area (Å²) in [4.78, 5) is 12.1. The van der Waals surface area contributed by atoms with Crippen LogP contribution in [0.5, 0.6) is 0 Å². The minimum atomic E-state index is -4.78. The molecule has 0 fully saturated rings. The first kappa shape index (κ1) is 16.8. The first-order valence-electron chi connectivity index (χ1n) is 5.88. The molecular formula is C13H15ClF3NO2. The second kappa shape index (κ2) is 6.45. The summed E-state index contributed by atoms with van der Waals surface area (Å²) in [6.45, 7) is 1.04. The van der Waals surface area contributed by atoms with Crippen LogP contribution in [-0.4, -0.2) is 35.7 Å². The number of hydrogen-bond donors (Lipinski definition) is 1. The first-order valence-corrected chi connectivity index (χ1v) is 6.26. The van der Waals surface area contributed by atoms with Gasteiger partial charge in [-0.1, -0.05) is 29.8 Å². The molecule has 0 aliphatic heterocycles. The van der Waals surface area contributed by atoms with E-state index in [-0.39, 0.29) is 0 Å². The van der Waals surface area contributed by atoms with E-state index in [1.54, 1.807) is 31.2 Å². The molecule has 0 amide bonds. The van der Waals surface area contributed by atoms with Crippen molar-refractivity contribution in [3.05, 3.63) is 34.9 Å². The molecule has 1 N–H and O–H groups in total. The van der Waals surface area contributed by atoms with Crippen LogP contribution in [0.2, 0.25) is 5.02 Å². The second-order valence-electron chi connectivity index (χ2n) is 4.57. The van der Waals surface area contributed by atoms with Crippen molar-refractivity contribution in [2.75, 3.05) is 13.6 Å². The lowest BCUT2D eigenvalue weighted by atomic mass is 10.0. The van der Waals surface area contributed by atoms with Gasteiger partial charge in [-0.05, 0) is 25.6 Å². The topological polar surface area (TPSA) is 40.5 Å². The number of benzene rings is 1. The molecule has 1 rings (SSSR count). The highest BCUT2D eigenvalue weighted by Gasteiger charge is 2.45. The Hall–Kier alpha value is -1.27. The lowest BCUT2D eigenvalue weighted by Crippen LogP contribution is -2.40. The van der Waals surface area contributed by atoms with Crippen LogP contribution in [0.15, 0.2) is 24.3 Å². The van der Waals surface area contributed by atoms with Crippen molar-refractivity contribution >= 4 is 17.6 Å². The van der Waals surface area contributed by atoms with Crippen LogP contribution in [0.4, 0.5) is 13.2 Å². The summed E-state index contributed by atoms with van der Waals surface area (Å²) in [7, 11) is 1.44. The molecule has 0 radical (unpaired) electrons. The molecule has 112 valence electrons. The van der Waals surface area contributed by atoms with Gasteiger partial charge in [0.2, 0.25) is 0 Å². The lowest BCUT2D eigenvalue weighted by molar-refractivity contribution is -0.196. The monoisotopic (exact) mass is 309 g/mol. The summed E-state index contributed by atoms with van der Waals surface area (Å²) in [5.41, 5.74) is 0.656. The predicted octanol–water partition coefficient (Wildman–Crippen LogP) is 3.60. The number of halogens is 4. The third-order valence-electron chi connectivity index (χ3n) is 3.18. The first-order chi connectivity index (χ1) is 9.14. The standard InChI is InChI=1S/C13H15ClF3NO2/c1-8(9-5-3-4-6-11(9)14)18(2)7-10(12(19)20)13(15,16)17/h3-6,8,10H,7H2,1-2H3,(H,19,20). The Kier molecular flexibility index (Phi) is 5.42. The van der Waals surface area contributed by atoms with Gasteiger partial charge in [0, 0.05) is 17.6 Å². The van der Waals surface area contributed by atoms with Gasteiger partial charge in [-0.2, -0.15) is 13.2 Å². The lowest BCUT2D eigenvalue weighted by Gasteiger charge is -2.29. The van der Waals surface area contributed by atoms with E-state index in [2.05, 4.69) is 0 Å². The summed E-state index contributed by atoms with van der Waals surface area (Å²) in [6.07, 6.45) is -4.78. The summed E-state index contributed by atoms with van der Waals surface area (Å²) < 4.78 is 37.9. The number of aliphatic carboxylic acids is 1. The Morgan fingerprint density at radius 2 is 1.95 bits per heavy atom. The summed E-state index contributed by atoms with van der Waals surface area (Å²) >= 11 is 5.99. The highest BCUT2D eigenvalue weighted by atomic mass is 35.5. The van der Waals surface area contributed by atoms with Gasteiger partial charge >= 0.3 is 12.1 Å². The number of carboxylic acid groups (broad SMARTS) is 1. The van der Waals surface area contributed by atoms with Gasteiger partial charge in [-0.25, -0.2) is 0 Å². The number of carbonyl (C=O) groups is 1. The molecule has 0 bridgehead atoms. The molecule has 3 nitrogen and oxygen atoms in total. The molecule has 0 heterocycles. The molecule has 0 saturated heterocycles. The Morgan fingerprint density at radius 1 is 1.40 bits per heavy atom. The van der Waals surface area contributed by atoms with E-state index in [1.165, 1.54) is 11.9 Å². The van der Waals surface area contributed by atoms with Gasteiger partial charge in [0.25, 0.3) is 0 Å². The van der Waals surface area contributed by atoms with Crippen molar-refractivity contribution in [2.45, 2.75) is 19.1 Å². The number of carboxylic acids is 1. The average Bonchev–Trinajstić information content (AvgIpc) is 2.33. The highest BCUT2D eigenvalue weighted by molar-refractivity contribution is 6.31. The van der Waals surface area contributed by atoms with Crippen molar-refractivity contribution in [2.24, 2.45) is 5.92 Å². The van der Waals surface area contributed by atoms with Crippen LogP contribution >= 0.6 is 11.6 Å². The number of rotatable bonds is 5. The maximum Gasteiger partial charge on any atom is 0.403 e. The maximum absolute atomic E-state index is 12.6. The molecule has 7 heteroatoms. The molecule has 0 spiro atoms. The van der Waals surface area contributed by atoms with Crippen LogP contribution < -0.4 is 0 Å². The fraction of sp³-hybridized carbons (Fsp3) is 0.462. The van der Waals surface area contributed by atoms with E-state index in [4.69, 9.17) is 16.7 Å². The molecule has 1 aromatic carbocycles. The molecule has 0 aliphatic carbocycles. The van der Waals surface area contributed by atoms with Crippen molar-refractivity contribution < 1.29 is 23.1 Å². The van der Waals surface area contributed by atoms with Crippen molar-refractivity contribution in [3.63, 3.8) is 0 Å². The SMILES string of the molecule is CC(c1ccccc1Cl)N(C)CC(C(=O)O)C(F)(F)F. The largest absolute Gasteiger partial charge is 0.481 e. The van der Waals surface area contributed by atoms with Gasteiger partial charge in [0.05, 0.1) is 0 Å². The minimum Gasteiger partial charge on any atom is -0.481 e. The third-order valence-corrected chi connectivity index (χ3v) is 3.52. The van der Waals surface area contributed by atoms with E-state index in [1.807, 2.05) is 0 Å². The minimum absolute atomic E-state index is 0.423. The van der Waals surface area contributed by atoms with Gasteiger partial charge in [-0.15, -0.1) is 0 Å². The van der Waals surface area contributed by atoms with Crippen LogP contribution in [0, 0.1) is 5.92 Å². The number of nitrogens with zero attached hydrogens (tertiary/aromatic N) is 1. The van der Waals surface area contributed by atoms with Crippen molar-refractivity contribution in [1.82, 2.24) is 4.90 Å². The Bertz CT molecular complexity index is 479. The molecule has 0 aromatic heterocycles. The van der Waals surface area contributed by atoms with E-state index in [0.29, 0.717) is 10.6 Å². The third kappa shape index (κ3) is 4.11. The average molecular weight is 310 g/mol. The van der Waals surface area contributed by atoms with Crippen LogP contribution in [0.25, 0.3) is 0 Å². The number of hydrogen-bond acceptors (Lipinski definition) is 2. The quantitative estimate of drug-likeness (QED) is 0.903. The van der Waals surface area contributed by atoms with Gasteiger partial charge in [0.15, 0.2) is 5.92 Å². The Balaban J connectivity index is 2.87. The summed E-state index contributed by atoms with van der Waals surface area (Å²) in [6, 6.07) is 6.36. The van der Waals surface area contributed by atoms with Crippen molar-refractivity contribution in [3.8, 4) is 0 Å². The van der Waals surface area contributed by atoms with Gasteiger partial charge < -0.3 is 5.11 Å². The van der Waals surface area contributed by atoms with Gasteiger partial charge in [-0.3, -0.25) is 9.69 Å². The zero-order valence-electron chi connectivity index (χ0n) is 11.0. The van der Waals surface area contributed by atoms with E-state index < -0.39 is 30.7 Å². The molecule has 0 aliphatic rings. The molecule has 20 heavy (non-hydrogen) atoms. The predicted molar refractivity (Wildman–Crippen MR) is 69.7 cm³/mol. The molecule has 2 unspecified atom stereocenters. The molecule has 1 aromatic rings. The fourth-order valence-electron chi connectivity index (χ4n) is 1.82. The fourth-order valence-corrected chi connectivity index (χ4v) is 2.11. The summed E-state index contributed by atoms with van der Waals surface area (Å²) in [5.74, 6) is -4.30. The smallest absolute Gasteiger partial charge is 0.403 e. The van der Waals surface area contributed by atoms with Crippen LogP contribution in [0.3, 0.4) is 0 Å². The highest BCUT2D eigenvalue weighted by Crippen LogP contribution is 2.31.